The van der Waals surface area contributed by atoms with Crippen LogP contribution in [0, 0.1) is 25.7 Å². The maximum atomic E-state index is 12.7. The van der Waals surface area contributed by atoms with E-state index in [0.29, 0.717) is 24.5 Å². The molecule has 0 aliphatic heterocycles. The number of carbonyl (C=O) groups excluding carboxylic acids is 1. The van der Waals surface area contributed by atoms with Gasteiger partial charge in [-0.3, -0.25) is 4.79 Å². The minimum atomic E-state index is -1.16. The van der Waals surface area contributed by atoms with E-state index in [1.54, 1.807) is 7.11 Å². The standard InChI is InChI=1S/C20H29NO4/c1-12-8-14(3)16(17(9-12)25-5)10-18(22)21-20(19(23)24)7-6-13(2)15(4)11-20/h8-9,13,15H,6-7,10-11H2,1-5H3,(H,21,22)(H,23,24). The number of hydrogen-bond donors (Lipinski definition) is 2. The van der Waals surface area contributed by atoms with E-state index in [-0.39, 0.29) is 18.2 Å². The Morgan fingerprint density at radius 3 is 2.52 bits per heavy atom. The summed E-state index contributed by atoms with van der Waals surface area (Å²) in [5.41, 5.74) is 1.69. The van der Waals surface area contributed by atoms with Gasteiger partial charge in [-0.25, -0.2) is 4.79 Å². The first-order valence-electron chi connectivity index (χ1n) is 8.87. The molecule has 0 spiro atoms. The second kappa shape index (κ2) is 7.46. The molecule has 138 valence electrons. The van der Waals surface area contributed by atoms with Crippen LogP contribution in [-0.4, -0.2) is 29.6 Å². The number of amides is 1. The first-order valence-corrected chi connectivity index (χ1v) is 8.87. The van der Waals surface area contributed by atoms with Crippen LogP contribution >= 0.6 is 0 Å². The lowest BCUT2D eigenvalue weighted by atomic mass is 9.71. The van der Waals surface area contributed by atoms with E-state index in [9.17, 15) is 14.7 Å². The Hall–Kier alpha value is -2.04. The minimum absolute atomic E-state index is 0.119. The Bertz CT molecular complexity index is 670. The van der Waals surface area contributed by atoms with E-state index in [2.05, 4.69) is 19.2 Å². The van der Waals surface area contributed by atoms with Gasteiger partial charge in [0.2, 0.25) is 5.91 Å². The van der Waals surface area contributed by atoms with E-state index >= 15 is 0 Å². The van der Waals surface area contributed by atoms with Gasteiger partial charge >= 0.3 is 5.97 Å². The van der Waals surface area contributed by atoms with Crippen LogP contribution < -0.4 is 10.1 Å². The zero-order chi connectivity index (χ0) is 18.8. The third-order valence-corrected chi connectivity index (χ3v) is 5.59. The number of benzene rings is 1. The lowest BCUT2D eigenvalue weighted by Gasteiger charge is -2.40. The first kappa shape index (κ1) is 19.3. The number of carboxylic acid groups (broad SMARTS) is 1. The normalized spacial score (nSPS) is 26.1. The van der Waals surface area contributed by atoms with Crippen LogP contribution in [0.4, 0.5) is 0 Å². The average molecular weight is 347 g/mol. The van der Waals surface area contributed by atoms with Crippen LogP contribution in [-0.2, 0) is 16.0 Å². The molecule has 2 rings (SSSR count). The zero-order valence-electron chi connectivity index (χ0n) is 15.8. The van der Waals surface area contributed by atoms with Crippen molar-refractivity contribution in [2.24, 2.45) is 11.8 Å². The lowest BCUT2D eigenvalue weighted by Crippen LogP contribution is -2.58. The van der Waals surface area contributed by atoms with Crippen molar-refractivity contribution in [3.8, 4) is 5.75 Å². The van der Waals surface area contributed by atoms with E-state index in [1.165, 1.54) is 0 Å². The second-order valence-corrected chi connectivity index (χ2v) is 7.57. The van der Waals surface area contributed by atoms with Crippen LogP contribution in [0.1, 0.15) is 49.8 Å². The predicted octanol–water partition coefficient (Wildman–Crippen LogP) is 3.25. The molecule has 1 aromatic rings. The Labute approximate surface area is 149 Å². The smallest absolute Gasteiger partial charge is 0.329 e. The fourth-order valence-electron chi connectivity index (χ4n) is 3.81. The zero-order valence-corrected chi connectivity index (χ0v) is 15.8. The van der Waals surface area contributed by atoms with Crippen molar-refractivity contribution in [1.82, 2.24) is 5.32 Å². The van der Waals surface area contributed by atoms with Crippen molar-refractivity contribution in [3.63, 3.8) is 0 Å². The maximum absolute atomic E-state index is 12.7. The highest BCUT2D eigenvalue weighted by Gasteiger charge is 2.45. The highest BCUT2D eigenvalue weighted by atomic mass is 16.5. The molecule has 1 saturated carbocycles. The van der Waals surface area contributed by atoms with Crippen molar-refractivity contribution in [1.29, 1.82) is 0 Å². The Kier molecular flexibility index (Phi) is 5.76. The van der Waals surface area contributed by atoms with Gasteiger partial charge in [0.25, 0.3) is 0 Å². The van der Waals surface area contributed by atoms with Crippen LogP contribution in [0.2, 0.25) is 0 Å². The van der Waals surface area contributed by atoms with Gasteiger partial charge in [-0.2, -0.15) is 0 Å². The van der Waals surface area contributed by atoms with Gasteiger partial charge in [-0.05, 0) is 62.1 Å². The molecule has 0 bridgehead atoms. The molecule has 5 nitrogen and oxygen atoms in total. The molecule has 0 aromatic heterocycles. The summed E-state index contributed by atoms with van der Waals surface area (Å²) < 4.78 is 5.41. The van der Waals surface area contributed by atoms with E-state index in [0.717, 1.165) is 23.1 Å². The average Bonchev–Trinajstić information content (AvgIpc) is 2.53. The summed E-state index contributed by atoms with van der Waals surface area (Å²) in [6.45, 7) is 8.11. The van der Waals surface area contributed by atoms with Crippen LogP contribution in [0.5, 0.6) is 5.75 Å². The van der Waals surface area contributed by atoms with Crippen molar-refractivity contribution in [2.45, 2.75) is 58.9 Å². The molecular formula is C20H29NO4. The fraction of sp³-hybridized carbons (Fsp3) is 0.600. The molecule has 0 saturated heterocycles. The minimum Gasteiger partial charge on any atom is -0.496 e. The number of hydrogen-bond acceptors (Lipinski definition) is 3. The molecule has 25 heavy (non-hydrogen) atoms. The van der Waals surface area contributed by atoms with Gasteiger partial charge in [0.15, 0.2) is 0 Å². The summed E-state index contributed by atoms with van der Waals surface area (Å²) >= 11 is 0. The number of aryl methyl sites for hydroxylation is 2. The van der Waals surface area contributed by atoms with Gasteiger partial charge in [0, 0.05) is 5.56 Å². The van der Waals surface area contributed by atoms with Gasteiger partial charge in [-0.1, -0.05) is 19.9 Å². The monoisotopic (exact) mass is 347 g/mol. The number of rotatable bonds is 5. The molecule has 1 aliphatic rings. The van der Waals surface area contributed by atoms with Crippen LogP contribution in [0.3, 0.4) is 0 Å². The second-order valence-electron chi connectivity index (χ2n) is 7.57. The van der Waals surface area contributed by atoms with Crippen LogP contribution in [0.25, 0.3) is 0 Å². The molecule has 0 heterocycles. The van der Waals surface area contributed by atoms with Crippen molar-refractivity contribution < 1.29 is 19.4 Å². The summed E-state index contributed by atoms with van der Waals surface area (Å²) in [4.78, 5) is 24.6. The Morgan fingerprint density at radius 2 is 1.96 bits per heavy atom. The Morgan fingerprint density at radius 1 is 1.28 bits per heavy atom. The highest BCUT2D eigenvalue weighted by Crippen LogP contribution is 2.36. The molecule has 1 amide bonds. The van der Waals surface area contributed by atoms with Crippen molar-refractivity contribution >= 4 is 11.9 Å². The predicted molar refractivity (Wildman–Crippen MR) is 96.9 cm³/mol. The van der Waals surface area contributed by atoms with Crippen LogP contribution in [0.15, 0.2) is 12.1 Å². The molecular weight excluding hydrogens is 318 g/mol. The topological polar surface area (TPSA) is 75.6 Å². The summed E-state index contributed by atoms with van der Waals surface area (Å²) in [6, 6.07) is 3.90. The lowest BCUT2D eigenvalue weighted by molar-refractivity contribution is -0.150. The third-order valence-electron chi connectivity index (χ3n) is 5.59. The largest absolute Gasteiger partial charge is 0.496 e. The van der Waals surface area contributed by atoms with Gasteiger partial charge in [-0.15, -0.1) is 0 Å². The van der Waals surface area contributed by atoms with Gasteiger partial charge in [0.05, 0.1) is 13.5 Å². The van der Waals surface area contributed by atoms with Crippen molar-refractivity contribution in [2.75, 3.05) is 7.11 Å². The maximum Gasteiger partial charge on any atom is 0.329 e. The molecule has 0 radical (unpaired) electrons. The molecule has 1 aromatic carbocycles. The Balaban J connectivity index is 2.20. The quantitative estimate of drug-likeness (QED) is 0.857. The van der Waals surface area contributed by atoms with Gasteiger partial charge in [0.1, 0.15) is 11.3 Å². The highest BCUT2D eigenvalue weighted by molar-refractivity contribution is 5.88. The summed E-state index contributed by atoms with van der Waals surface area (Å²) in [5, 5.41) is 12.6. The molecule has 2 N–H and O–H groups in total. The summed E-state index contributed by atoms with van der Waals surface area (Å²) in [7, 11) is 1.58. The number of aliphatic carboxylic acids is 1. The molecule has 5 heteroatoms. The first-order chi connectivity index (χ1) is 11.7. The molecule has 3 unspecified atom stereocenters. The van der Waals surface area contributed by atoms with Crippen molar-refractivity contribution in [3.05, 3.63) is 28.8 Å². The molecule has 1 aliphatic carbocycles. The van der Waals surface area contributed by atoms with Gasteiger partial charge < -0.3 is 15.2 Å². The van der Waals surface area contributed by atoms with E-state index in [4.69, 9.17) is 4.74 Å². The number of nitrogens with one attached hydrogen (secondary N) is 1. The summed E-state index contributed by atoms with van der Waals surface area (Å²) in [6.07, 6.45) is 1.87. The number of ether oxygens (including phenoxy) is 1. The fourth-order valence-corrected chi connectivity index (χ4v) is 3.81. The molecule has 1 fully saturated rings. The number of carbonyl (C=O) groups is 2. The SMILES string of the molecule is COc1cc(C)cc(C)c1CC(=O)NC1(C(=O)O)CCC(C)C(C)C1. The van der Waals surface area contributed by atoms with E-state index < -0.39 is 11.5 Å². The molecule has 3 atom stereocenters. The third kappa shape index (κ3) is 4.14. The number of carboxylic acids is 1. The number of methoxy groups -OCH3 is 1. The van der Waals surface area contributed by atoms with E-state index in [1.807, 2.05) is 26.0 Å². The summed E-state index contributed by atoms with van der Waals surface area (Å²) in [5.74, 6) is 0.203.